The van der Waals surface area contributed by atoms with Crippen LogP contribution < -0.4 is 10.1 Å². The Morgan fingerprint density at radius 1 is 1.20 bits per heavy atom. The van der Waals surface area contributed by atoms with Crippen molar-refractivity contribution in [1.82, 2.24) is 15.1 Å². The van der Waals surface area contributed by atoms with Crippen LogP contribution in [0.5, 0.6) is 5.75 Å². The summed E-state index contributed by atoms with van der Waals surface area (Å²) in [7, 11) is 1.83. The van der Waals surface area contributed by atoms with Crippen molar-refractivity contribution in [3.05, 3.63) is 70.9 Å². The highest BCUT2D eigenvalue weighted by atomic mass is 16.5. The first kappa shape index (κ1) is 16.8. The van der Waals surface area contributed by atoms with Gasteiger partial charge in [-0.1, -0.05) is 6.07 Å². The minimum Gasteiger partial charge on any atom is -0.486 e. The monoisotopic (exact) mass is 339 g/mol. The minimum atomic E-state index is -0.265. The largest absolute Gasteiger partial charge is 0.486 e. The summed E-state index contributed by atoms with van der Waals surface area (Å²) >= 11 is 0. The molecule has 0 aliphatic rings. The zero-order valence-electron chi connectivity index (χ0n) is 14.6. The normalized spacial score (nSPS) is 10.7. The summed E-state index contributed by atoms with van der Waals surface area (Å²) in [6, 6.07) is 11.2. The fourth-order valence-corrected chi connectivity index (χ4v) is 2.37. The highest BCUT2D eigenvalue weighted by Crippen LogP contribution is 2.18. The maximum atomic E-state index is 12.1. The van der Waals surface area contributed by atoms with Crippen LogP contribution in [0.4, 0.5) is 0 Å². The van der Waals surface area contributed by atoms with Gasteiger partial charge in [0.25, 0.3) is 5.91 Å². The summed E-state index contributed by atoms with van der Waals surface area (Å²) in [5.41, 5.74) is 3.31. The topological polar surface area (TPSA) is 69.3 Å². The first-order valence-corrected chi connectivity index (χ1v) is 8.07. The fourth-order valence-electron chi connectivity index (χ4n) is 2.37. The fraction of sp³-hybridized carbons (Fsp3) is 0.263. The second-order valence-corrected chi connectivity index (χ2v) is 5.93. The van der Waals surface area contributed by atoms with Gasteiger partial charge in [-0.25, -0.2) is 0 Å². The first-order valence-electron chi connectivity index (χ1n) is 8.07. The summed E-state index contributed by atoms with van der Waals surface area (Å²) in [4.78, 5) is 12.1. The molecule has 130 valence electrons. The summed E-state index contributed by atoms with van der Waals surface area (Å²) in [6.07, 6.45) is 1.69. The lowest BCUT2D eigenvalue weighted by atomic mass is 10.1. The van der Waals surface area contributed by atoms with Gasteiger partial charge >= 0.3 is 0 Å². The minimum absolute atomic E-state index is 0.265. The van der Waals surface area contributed by atoms with E-state index < -0.39 is 0 Å². The molecule has 25 heavy (non-hydrogen) atoms. The van der Waals surface area contributed by atoms with Crippen LogP contribution in [0, 0.1) is 13.8 Å². The van der Waals surface area contributed by atoms with Gasteiger partial charge in [0, 0.05) is 13.2 Å². The van der Waals surface area contributed by atoms with Gasteiger partial charge in [0.2, 0.25) is 0 Å². The SMILES string of the molecule is Cc1ccc(OCc2ccc(C(=O)NCc3ccnn3C)o2)cc1C. The van der Waals surface area contributed by atoms with E-state index in [2.05, 4.69) is 17.3 Å². The van der Waals surface area contributed by atoms with E-state index in [0.717, 1.165) is 11.4 Å². The number of nitrogens with zero attached hydrogens (tertiary/aromatic N) is 2. The smallest absolute Gasteiger partial charge is 0.287 e. The molecule has 0 fully saturated rings. The molecule has 0 aliphatic carbocycles. The number of benzene rings is 1. The maximum Gasteiger partial charge on any atom is 0.287 e. The molecule has 0 spiro atoms. The molecule has 0 bridgehead atoms. The molecule has 6 heteroatoms. The van der Waals surface area contributed by atoms with Gasteiger partial charge in [-0.3, -0.25) is 9.48 Å². The van der Waals surface area contributed by atoms with Crippen LogP contribution in [0.3, 0.4) is 0 Å². The van der Waals surface area contributed by atoms with Gasteiger partial charge in [-0.2, -0.15) is 5.10 Å². The number of carbonyl (C=O) groups is 1. The van der Waals surface area contributed by atoms with Crippen molar-refractivity contribution < 1.29 is 13.9 Å². The molecule has 6 nitrogen and oxygen atoms in total. The molecule has 3 aromatic rings. The molecule has 3 rings (SSSR count). The van der Waals surface area contributed by atoms with Crippen LogP contribution in [0.15, 0.2) is 47.0 Å². The van der Waals surface area contributed by atoms with Gasteiger partial charge in [0.05, 0.1) is 12.2 Å². The number of aryl methyl sites for hydroxylation is 3. The van der Waals surface area contributed by atoms with E-state index >= 15 is 0 Å². The lowest BCUT2D eigenvalue weighted by molar-refractivity contribution is 0.0918. The van der Waals surface area contributed by atoms with Gasteiger partial charge in [0.15, 0.2) is 5.76 Å². The number of hydrogen-bond donors (Lipinski definition) is 1. The van der Waals surface area contributed by atoms with Crippen molar-refractivity contribution in [2.24, 2.45) is 7.05 Å². The average molecular weight is 339 g/mol. The Balaban J connectivity index is 1.55. The van der Waals surface area contributed by atoms with E-state index in [1.54, 1.807) is 23.0 Å². The highest BCUT2D eigenvalue weighted by molar-refractivity contribution is 5.91. The third-order valence-electron chi connectivity index (χ3n) is 4.10. The molecule has 2 heterocycles. The Kier molecular flexibility index (Phi) is 4.88. The molecular weight excluding hydrogens is 318 g/mol. The molecule has 2 aromatic heterocycles. The molecule has 0 atom stereocenters. The van der Waals surface area contributed by atoms with E-state index in [-0.39, 0.29) is 18.3 Å². The second kappa shape index (κ2) is 7.25. The molecule has 1 N–H and O–H groups in total. The lowest BCUT2D eigenvalue weighted by Crippen LogP contribution is -2.23. The highest BCUT2D eigenvalue weighted by Gasteiger charge is 2.12. The van der Waals surface area contributed by atoms with Crippen LogP contribution in [0.2, 0.25) is 0 Å². The summed E-state index contributed by atoms with van der Waals surface area (Å²) in [5.74, 6) is 1.38. The lowest BCUT2D eigenvalue weighted by Gasteiger charge is -2.07. The van der Waals surface area contributed by atoms with Crippen LogP contribution in [0.1, 0.15) is 33.1 Å². The molecule has 0 radical (unpaired) electrons. The van der Waals surface area contributed by atoms with Crippen LogP contribution in [-0.2, 0) is 20.2 Å². The van der Waals surface area contributed by atoms with Crippen LogP contribution in [0.25, 0.3) is 0 Å². The third kappa shape index (κ3) is 4.09. The Morgan fingerprint density at radius 3 is 2.76 bits per heavy atom. The molecule has 0 unspecified atom stereocenters. The third-order valence-corrected chi connectivity index (χ3v) is 4.10. The Bertz CT molecular complexity index is 880. The second-order valence-electron chi connectivity index (χ2n) is 5.93. The molecule has 1 amide bonds. The van der Waals surface area contributed by atoms with Gasteiger partial charge in [0.1, 0.15) is 18.1 Å². The standard InChI is InChI=1S/C19H21N3O3/c1-13-4-5-16(10-14(13)2)24-12-17-6-7-18(25-17)19(23)20-11-15-8-9-21-22(15)3/h4-10H,11-12H2,1-3H3,(H,20,23). The number of carbonyl (C=O) groups excluding carboxylic acids is 1. The van der Waals surface area contributed by atoms with E-state index in [9.17, 15) is 4.79 Å². The van der Waals surface area contributed by atoms with E-state index in [1.807, 2.05) is 38.2 Å². The summed E-state index contributed by atoms with van der Waals surface area (Å²) in [6.45, 7) is 4.77. The average Bonchev–Trinajstić information content (AvgIpc) is 3.23. The van der Waals surface area contributed by atoms with Crippen LogP contribution >= 0.6 is 0 Å². The van der Waals surface area contributed by atoms with E-state index in [0.29, 0.717) is 12.3 Å². The number of aromatic nitrogens is 2. The van der Waals surface area contributed by atoms with Crippen molar-refractivity contribution in [3.8, 4) is 5.75 Å². The van der Waals surface area contributed by atoms with Crippen molar-refractivity contribution in [3.63, 3.8) is 0 Å². The Hall–Kier alpha value is -3.02. The first-order chi connectivity index (χ1) is 12.0. The number of hydrogen-bond acceptors (Lipinski definition) is 4. The van der Waals surface area contributed by atoms with Crippen molar-refractivity contribution in [2.75, 3.05) is 0 Å². The molecule has 0 aliphatic heterocycles. The number of furan rings is 1. The quantitative estimate of drug-likeness (QED) is 0.749. The van der Waals surface area contributed by atoms with Crippen molar-refractivity contribution in [1.29, 1.82) is 0 Å². The molecule has 0 saturated carbocycles. The predicted octanol–water partition coefficient (Wildman–Crippen LogP) is 3.14. The van der Waals surface area contributed by atoms with E-state index in [4.69, 9.17) is 9.15 Å². The van der Waals surface area contributed by atoms with Gasteiger partial charge < -0.3 is 14.5 Å². The maximum absolute atomic E-state index is 12.1. The van der Waals surface area contributed by atoms with Gasteiger partial charge in [-0.05, 0) is 55.3 Å². The van der Waals surface area contributed by atoms with Crippen molar-refractivity contribution in [2.45, 2.75) is 27.0 Å². The predicted molar refractivity (Wildman–Crippen MR) is 93.3 cm³/mol. The number of rotatable bonds is 6. The Labute approximate surface area is 146 Å². The Morgan fingerprint density at radius 2 is 2.04 bits per heavy atom. The summed E-state index contributed by atoms with van der Waals surface area (Å²) < 4.78 is 13.0. The van der Waals surface area contributed by atoms with Gasteiger partial charge in [-0.15, -0.1) is 0 Å². The zero-order chi connectivity index (χ0) is 17.8. The number of amides is 1. The van der Waals surface area contributed by atoms with Crippen LogP contribution in [-0.4, -0.2) is 15.7 Å². The zero-order valence-corrected chi connectivity index (χ0v) is 14.6. The molecule has 0 saturated heterocycles. The molecule has 1 aromatic carbocycles. The number of nitrogens with one attached hydrogen (secondary N) is 1. The summed E-state index contributed by atoms with van der Waals surface area (Å²) in [5, 5.41) is 6.87. The van der Waals surface area contributed by atoms with Crippen molar-refractivity contribution >= 4 is 5.91 Å². The molecular formula is C19H21N3O3. The van der Waals surface area contributed by atoms with E-state index in [1.165, 1.54) is 11.1 Å². The number of ether oxygens (including phenoxy) is 1.